The Hall–Kier alpha value is -7.20. The van der Waals surface area contributed by atoms with Crippen molar-refractivity contribution in [2.75, 3.05) is 54.5 Å². The van der Waals surface area contributed by atoms with Gasteiger partial charge in [0, 0.05) is 62.9 Å². The van der Waals surface area contributed by atoms with Gasteiger partial charge in [0.1, 0.15) is 23.5 Å². The van der Waals surface area contributed by atoms with Gasteiger partial charge < -0.3 is 41.0 Å². The van der Waals surface area contributed by atoms with Crippen LogP contribution in [0.3, 0.4) is 0 Å². The predicted octanol–water partition coefficient (Wildman–Crippen LogP) is 8.52. The summed E-state index contributed by atoms with van der Waals surface area (Å²) in [6, 6.07) is 18.4. The Bertz CT molecular complexity index is 2290. The van der Waals surface area contributed by atoms with Crippen LogP contribution in [0.2, 0.25) is 0 Å². The summed E-state index contributed by atoms with van der Waals surface area (Å²) in [4.78, 5) is 42.0. The van der Waals surface area contributed by atoms with Crippen LogP contribution in [-0.2, 0) is 9.53 Å². The number of hydrogen-bond acceptors (Lipinski definition) is 14. The Kier molecular flexibility index (Phi) is 20.9. The topological polar surface area (TPSA) is 206 Å². The average Bonchev–Trinajstić information content (AvgIpc) is 3.25. The molecule has 2 aromatic heterocycles. The summed E-state index contributed by atoms with van der Waals surface area (Å²) in [6.07, 6.45) is 8.33. The number of amides is 1. The van der Waals surface area contributed by atoms with Crippen LogP contribution in [0.15, 0.2) is 60.9 Å². The van der Waals surface area contributed by atoms with E-state index in [4.69, 9.17) is 15.3 Å². The minimum atomic E-state index is -0.514. The highest BCUT2D eigenvalue weighted by Gasteiger charge is 2.25. The molecule has 1 amide bonds. The molecule has 0 saturated heterocycles. The van der Waals surface area contributed by atoms with E-state index in [0.717, 1.165) is 62.1 Å². The molecule has 330 valence electrons. The normalized spacial score (nSPS) is 10.4. The number of hydrogen-bond donors (Lipinski definition) is 5. The van der Waals surface area contributed by atoms with E-state index in [9.17, 15) is 9.59 Å². The second kappa shape index (κ2) is 26.2. The fraction of sp³-hybridized carbons (Fsp3) is 0.417. The van der Waals surface area contributed by atoms with Gasteiger partial charge in [-0.3, -0.25) is 0 Å². The number of nitriles is 2. The van der Waals surface area contributed by atoms with Gasteiger partial charge in [-0.05, 0) is 109 Å². The lowest BCUT2D eigenvalue weighted by molar-refractivity contribution is -0.107. The molecule has 5 N–H and O–H groups in total. The molecule has 15 nitrogen and oxygen atoms in total. The zero-order valence-corrected chi connectivity index (χ0v) is 37.8. The van der Waals surface area contributed by atoms with Gasteiger partial charge in [-0.2, -0.15) is 20.5 Å². The maximum Gasteiger partial charge on any atom is 0.410 e. The van der Waals surface area contributed by atoms with E-state index in [1.165, 1.54) is 0 Å². The van der Waals surface area contributed by atoms with Crippen molar-refractivity contribution in [1.82, 2.24) is 30.2 Å². The summed E-state index contributed by atoms with van der Waals surface area (Å²) < 4.78 is 5.44. The number of rotatable bonds is 18. The Balaban J connectivity index is 0.000000365. The number of anilines is 6. The predicted molar refractivity (Wildman–Crippen MR) is 250 cm³/mol. The first-order valence-corrected chi connectivity index (χ1v) is 21.1. The molecule has 4 rings (SSSR count). The highest BCUT2D eigenvalue weighted by atomic mass is 16.6. The van der Waals surface area contributed by atoms with Crippen molar-refractivity contribution in [2.45, 2.75) is 98.1 Å². The van der Waals surface area contributed by atoms with Crippen LogP contribution in [0.5, 0.6) is 0 Å². The second-order valence-electron chi connectivity index (χ2n) is 16.0. The summed E-state index contributed by atoms with van der Waals surface area (Å²) in [5, 5.41) is 34.2. The largest absolute Gasteiger partial charge is 0.444 e. The molecule has 0 aliphatic carbocycles. The Morgan fingerprint density at radius 2 is 1.22 bits per heavy atom. The molecule has 0 fully saturated rings. The van der Waals surface area contributed by atoms with Crippen LogP contribution in [-0.4, -0.2) is 81.6 Å². The minimum absolute atomic E-state index is 0.262. The molecule has 4 aromatic rings. The maximum absolute atomic E-state index is 12.2. The maximum atomic E-state index is 12.2. The quantitative estimate of drug-likeness (QED) is 0.0362. The average molecular weight is 853 g/mol. The Labute approximate surface area is 372 Å². The van der Waals surface area contributed by atoms with E-state index in [0.29, 0.717) is 66.0 Å². The highest BCUT2D eigenvalue weighted by molar-refractivity contribution is 5.68. The number of unbranched alkanes of at least 4 members (excludes halogenated alkanes) is 2. The SMILES string of the molecule is CCCNc1nc(Nc2ccc(C#N)cc2)ncc1C#CCCC=O.CCCNc1nc(Nc2ccc(C#N)cc2)ncc1C#CCCCNC(C)(C)CN(C)C(=O)OC(C)(C)C. The lowest BCUT2D eigenvalue weighted by Crippen LogP contribution is -2.50. The third-order valence-corrected chi connectivity index (χ3v) is 8.46. The van der Waals surface area contributed by atoms with Gasteiger partial charge in [-0.1, -0.05) is 37.5 Å². The first-order chi connectivity index (χ1) is 30.2. The number of nitrogens with zero attached hydrogens (tertiary/aromatic N) is 7. The first-order valence-electron chi connectivity index (χ1n) is 21.1. The molecule has 0 radical (unpaired) electrons. The van der Waals surface area contributed by atoms with Gasteiger partial charge in [-0.25, -0.2) is 14.8 Å². The first kappa shape index (κ1) is 50.2. The van der Waals surface area contributed by atoms with Crippen molar-refractivity contribution in [2.24, 2.45) is 0 Å². The summed E-state index contributed by atoms with van der Waals surface area (Å²) in [5.41, 5.74) is 3.46. The zero-order chi connectivity index (χ0) is 46.1. The van der Waals surface area contributed by atoms with Crippen molar-refractivity contribution in [1.29, 1.82) is 10.5 Å². The van der Waals surface area contributed by atoms with Crippen LogP contribution >= 0.6 is 0 Å². The monoisotopic (exact) mass is 852 g/mol. The lowest BCUT2D eigenvalue weighted by Gasteiger charge is -2.32. The molecular weight excluding hydrogens is 793 g/mol. The molecule has 0 atom stereocenters. The van der Waals surface area contributed by atoms with E-state index < -0.39 is 5.60 Å². The fourth-order valence-corrected chi connectivity index (χ4v) is 5.44. The molecular formula is C48H60N12O3. The molecule has 0 spiro atoms. The number of aldehydes is 1. The second-order valence-corrected chi connectivity index (χ2v) is 16.0. The fourth-order valence-electron chi connectivity index (χ4n) is 5.44. The summed E-state index contributed by atoms with van der Waals surface area (Å²) >= 11 is 0. The number of nitrogens with one attached hydrogen (secondary N) is 5. The molecule has 63 heavy (non-hydrogen) atoms. The molecule has 0 aliphatic rings. The van der Waals surface area contributed by atoms with Crippen molar-refractivity contribution >= 4 is 47.3 Å². The van der Waals surface area contributed by atoms with Crippen LogP contribution in [0.1, 0.15) is 109 Å². The van der Waals surface area contributed by atoms with E-state index in [1.807, 2.05) is 32.9 Å². The van der Waals surface area contributed by atoms with Crippen molar-refractivity contribution in [3.8, 4) is 35.8 Å². The molecule has 0 bridgehead atoms. The molecule has 2 heterocycles. The van der Waals surface area contributed by atoms with Crippen LogP contribution in [0.25, 0.3) is 0 Å². The van der Waals surface area contributed by atoms with Gasteiger partial charge in [0.25, 0.3) is 0 Å². The van der Waals surface area contributed by atoms with E-state index >= 15 is 0 Å². The van der Waals surface area contributed by atoms with Crippen LogP contribution in [0.4, 0.5) is 39.7 Å². The molecule has 15 heteroatoms. The van der Waals surface area contributed by atoms with Gasteiger partial charge in [-0.15, -0.1) is 0 Å². The lowest BCUT2D eigenvalue weighted by atomic mass is 10.0. The van der Waals surface area contributed by atoms with Crippen molar-refractivity contribution < 1.29 is 14.3 Å². The van der Waals surface area contributed by atoms with Gasteiger partial charge in [0.05, 0.1) is 46.8 Å². The van der Waals surface area contributed by atoms with E-state index in [2.05, 4.69) is 110 Å². The van der Waals surface area contributed by atoms with Gasteiger partial charge >= 0.3 is 6.09 Å². The molecule has 0 unspecified atom stereocenters. The van der Waals surface area contributed by atoms with Gasteiger partial charge in [0.2, 0.25) is 11.9 Å². The van der Waals surface area contributed by atoms with Crippen LogP contribution in [0, 0.1) is 46.3 Å². The smallest absolute Gasteiger partial charge is 0.410 e. The Morgan fingerprint density at radius 3 is 1.65 bits per heavy atom. The number of benzene rings is 2. The third-order valence-electron chi connectivity index (χ3n) is 8.46. The van der Waals surface area contributed by atoms with Crippen molar-refractivity contribution in [3.05, 3.63) is 83.2 Å². The Morgan fingerprint density at radius 1 is 0.746 bits per heavy atom. The molecule has 0 aliphatic heterocycles. The number of aromatic nitrogens is 4. The highest BCUT2D eigenvalue weighted by Crippen LogP contribution is 2.20. The summed E-state index contributed by atoms with van der Waals surface area (Å²) in [7, 11) is 1.75. The standard InChI is InChI=1S/C29H41N7O2.C19H19N5O/c1-8-17-31-25-23(20-32-26(35-25)34-24-15-13-22(19-30)14-16-24)12-10-9-11-18-33-29(5,6)21-36(7)27(37)38-28(2,3)4;1-2-11-21-18-16(6-4-3-5-12-25)14-22-19(24-18)23-17-9-7-15(13-20)8-10-17/h13-16,20,33H,8-9,11,17-18,21H2,1-7H3,(H2,31,32,34,35);7-10,12,14H,2-3,5,11H2,1H3,(H2,21,22,23,24). The zero-order valence-electron chi connectivity index (χ0n) is 37.8. The number of ether oxygens (including phenoxy) is 1. The van der Waals surface area contributed by atoms with E-state index in [1.54, 1.807) is 60.7 Å². The number of carbonyl (C=O) groups excluding carboxylic acids is 2. The molecule has 0 saturated carbocycles. The number of carbonyl (C=O) groups is 2. The minimum Gasteiger partial charge on any atom is -0.444 e. The van der Waals surface area contributed by atoms with E-state index in [-0.39, 0.29) is 11.6 Å². The third kappa shape index (κ3) is 19.4. The van der Waals surface area contributed by atoms with Crippen LogP contribution < -0.4 is 26.6 Å². The number of likely N-dealkylation sites (N-methyl/N-ethyl adjacent to an activating group) is 1. The summed E-state index contributed by atoms with van der Waals surface area (Å²) in [6.45, 7) is 16.7. The molecule has 2 aromatic carbocycles. The van der Waals surface area contributed by atoms with Gasteiger partial charge in [0.15, 0.2) is 0 Å². The summed E-state index contributed by atoms with van der Waals surface area (Å²) in [5.74, 6) is 14.6. The van der Waals surface area contributed by atoms with Crippen molar-refractivity contribution in [3.63, 3.8) is 0 Å².